The lowest BCUT2D eigenvalue weighted by Gasteiger charge is -2.23. The summed E-state index contributed by atoms with van der Waals surface area (Å²) in [5.74, 6) is -0.347. The zero-order chi connectivity index (χ0) is 13.7. The van der Waals surface area contributed by atoms with Crippen molar-refractivity contribution >= 4 is 23.1 Å². The molecule has 1 aromatic rings. The predicted molar refractivity (Wildman–Crippen MR) is 74.8 cm³/mol. The molecule has 102 valence electrons. The monoisotopic (exact) mass is 274 g/mol. The molecule has 2 atom stereocenters. The van der Waals surface area contributed by atoms with Crippen LogP contribution in [0.15, 0.2) is 12.1 Å². The Labute approximate surface area is 111 Å². The molecule has 0 bridgehead atoms. The molecule has 6 heteroatoms. The van der Waals surface area contributed by atoms with E-state index in [2.05, 4.69) is 5.32 Å². The number of aliphatic hydroxyl groups is 1. The molecule has 18 heavy (non-hydrogen) atoms. The van der Waals surface area contributed by atoms with Gasteiger partial charge in [-0.3, -0.25) is 0 Å². The summed E-state index contributed by atoms with van der Waals surface area (Å²) in [6.07, 6.45) is 1.92. The van der Waals surface area contributed by atoms with Crippen molar-refractivity contribution in [2.45, 2.75) is 18.2 Å². The Morgan fingerprint density at radius 2 is 2.22 bits per heavy atom. The van der Waals surface area contributed by atoms with Crippen LogP contribution >= 0.6 is 11.8 Å². The van der Waals surface area contributed by atoms with E-state index >= 15 is 0 Å². The molecule has 0 heterocycles. The highest BCUT2D eigenvalue weighted by molar-refractivity contribution is 7.99. The lowest BCUT2D eigenvalue weighted by Crippen LogP contribution is -2.31. The summed E-state index contributed by atoms with van der Waals surface area (Å²) in [4.78, 5) is 0. The standard InChI is InChI=1S/C12H19FN2O2S/c1-7(12(6-16)18-3)15-10-5-11(17-2)8(13)4-9(10)14/h4-5,7,12,15-16H,6,14H2,1-3H3. The van der Waals surface area contributed by atoms with Crippen LogP contribution in [-0.2, 0) is 0 Å². The normalized spacial score (nSPS) is 14.1. The van der Waals surface area contributed by atoms with Gasteiger partial charge in [-0.2, -0.15) is 11.8 Å². The number of benzene rings is 1. The number of thioether (sulfide) groups is 1. The lowest BCUT2D eigenvalue weighted by atomic mass is 10.2. The van der Waals surface area contributed by atoms with Gasteiger partial charge in [-0.25, -0.2) is 4.39 Å². The van der Waals surface area contributed by atoms with Gasteiger partial charge in [0.15, 0.2) is 11.6 Å². The maximum absolute atomic E-state index is 13.4. The Morgan fingerprint density at radius 1 is 1.56 bits per heavy atom. The summed E-state index contributed by atoms with van der Waals surface area (Å²) in [5, 5.41) is 12.4. The molecule has 0 spiro atoms. The Morgan fingerprint density at radius 3 is 2.72 bits per heavy atom. The Bertz CT molecular complexity index is 400. The van der Waals surface area contributed by atoms with E-state index in [4.69, 9.17) is 10.5 Å². The first-order valence-electron chi connectivity index (χ1n) is 5.56. The summed E-state index contributed by atoms with van der Waals surface area (Å²) < 4.78 is 18.3. The summed E-state index contributed by atoms with van der Waals surface area (Å²) >= 11 is 1.56. The third kappa shape index (κ3) is 3.43. The van der Waals surface area contributed by atoms with Gasteiger partial charge in [0.05, 0.1) is 25.1 Å². The Balaban J connectivity index is 2.90. The molecule has 4 nitrogen and oxygen atoms in total. The highest BCUT2D eigenvalue weighted by atomic mass is 32.2. The molecule has 0 amide bonds. The van der Waals surface area contributed by atoms with Crippen LogP contribution in [0.2, 0.25) is 0 Å². The number of halogens is 1. The van der Waals surface area contributed by atoms with Crippen molar-refractivity contribution < 1.29 is 14.2 Å². The van der Waals surface area contributed by atoms with Crippen LogP contribution in [0.4, 0.5) is 15.8 Å². The smallest absolute Gasteiger partial charge is 0.167 e. The number of anilines is 2. The topological polar surface area (TPSA) is 67.5 Å². The third-order valence-corrected chi connectivity index (χ3v) is 3.91. The molecule has 0 saturated carbocycles. The highest BCUT2D eigenvalue weighted by Crippen LogP contribution is 2.29. The van der Waals surface area contributed by atoms with E-state index in [9.17, 15) is 9.50 Å². The first-order valence-corrected chi connectivity index (χ1v) is 6.85. The molecule has 0 aromatic heterocycles. The van der Waals surface area contributed by atoms with E-state index in [-0.39, 0.29) is 23.6 Å². The average Bonchev–Trinajstić information content (AvgIpc) is 2.34. The molecule has 2 unspecified atom stereocenters. The number of hydrogen-bond acceptors (Lipinski definition) is 5. The van der Waals surface area contributed by atoms with Crippen molar-refractivity contribution in [2.75, 3.05) is 31.0 Å². The first kappa shape index (κ1) is 14.9. The van der Waals surface area contributed by atoms with Crippen LogP contribution in [0.1, 0.15) is 6.92 Å². The number of hydrogen-bond donors (Lipinski definition) is 3. The van der Waals surface area contributed by atoms with Crippen LogP contribution < -0.4 is 15.8 Å². The van der Waals surface area contributed by atoms with Gasteiger partial charge in [-0.15, -0.1) is 0 Å². The highest BCUT2D eigenvalue weighted by Gasteiger charge is 2.17. The number of nitrogens with one attached hydrogen (secondary N) is 1. The van der Waals surface area contributed by atoms with Crippen molar-refractivity contribution in [3.05, 3.63) is 17.9 Å². The predicted octanol–water partition coefficient (Wildman–Crippen LogP) is 1.94. The summed E-state index contributed by atoms with van der Waals surface area (Å²) in [6.45, 7) is 2.00. The SMILES string of the molecule is COc1cc(NC(C)C(CO)SC)c(N)cc1F. The molecule has 4 N–H and O–H groups in total. The fraction of sp³-hybridized carbons (Fsp3) is 0.500. The fourth-order valence-electron chi connectivity index (χ4n) is 1.63. The summed E-state index contributed by atoms with van der Waals surface area (Å²) in [6, 6.07) is 2.75. The van der Waals surface area contributed by atoms with Crippen molar-refractivity contribution in [1.82, 2.24) is 0 Å². The van der Waals surface area contributed by atoms with Crippen LogP contribution in [0.25, 0.3) is 0 Å². The second-order valence-electron chi connectivity index (χ2n) is 3.96. The molecule has 0 aliphatic carbocycles. The van der Waals surface area contributed by atoms with E-state index in [1.54, 1.807) is 11.8 Å². The second-order valence-corrected chi connectivity index (χ2v) is 5.04. The molecule has 0 fully saturated rings. The molecule has 1 aromatic carbocycles. The third-order valence-electron chi connectivity index (χ3n) is 2.75. The number of methoxy groups -OCH3 is 1. The second kappa shape index (κ2) is 6.70. The maximum Gasteiger partial charge on any atom is 0.167 e. The quantitative estimate of drug-likeness (QED) is 0.692. The van der Waals surface area contributed by atoms with Gasteiger partial charge in [0, 0.05) is 23.4 Å². The van der Waals surface area contributed by atoms with Gasteiger partial charge in [0.1, 0.15) is 0 Å². The summed E-state index contributed by atoms with van der Waals surface area (Å²) in [5.41, 5.74) is 6.67. The lowest BCUT2D eigenvalue weighted by molar-refractivity contribution is 0.288. The molecule has 0 radical (unpaired) electrons. The minimum absolute atomic E-state index is 0.00228. The maximum atomic E-state index is 13.4. The van der Waals surface area contributed by atoms with Crippen molar-refractivity contribution in [3.8, 4) is 5.75 Å². The molecule has 0 aliphatic heterocycles. The van der Waals surface area contributed by atoms with E-state index < -0.39 is 5.82 Å². The number of rotatable bonds is 6. The van der Waals surface area contributed by atoms with E-state index in [1.165, 1.54) is 19.2 Å². The average molecular weight is 274 g/mol. The van der Waals surface area contributed by atoms with Crippen molar-refractivity contribution in [1.29, 1.82) is 0 Å². The molecule has 1 rings (SSSR count). The van der Waals surface area contributed by atoms with Crippen LogP contribution in [0.5, 0.6) is 5.75 Å². The van der Waals surface area contributed by atoms with Gasteiger partial charge in [0.25, 0.3) is 0 Å². The van der Waals surface area contributed by atoms with Crippen molar-refractivity contribution in [2.24, 2.45) is 0 Å². The first-order chi connectivity index (χ1) is 8.53. The van der Waals surface area contributed by atoms with Gasteiger partial charge in [-0.05, 0) is 13.2 Å². The number of aliphatic hydroxyl groups excluding tert-OH is 1. The minimum atomic E-state index is -0.489. The number of ether oxygens (including phenoxy) is 1. The van der Waals surface area contributed by atoms with Crippen LogP contribution in [0, 0.1) is 5.82 Å². The zero-order valence-corrected chi connectivity index (χ0v) is 11.6. The molecule has 0 aliphatic rings. The van der Waals surface area contributed by atoms with Gasteiger partial charge >= 0.3 is 0 Å². The van der Waals surface area contributed by atoms with E-state index in [0.29, 0.717) is 11.4 Å². The molecule has 0 saturated heterocycles. The van der Waals surface area contributed by atoms with Crippen LogP contribution in [-0.4, -0.2) is 36.4 Å². The minimum Gasteiger partial charge on any atom is -0.494 e. The Hall–Kier alpha value is -1.14. The number of nitrogen functional groups attached to an aromatic ring is 1. The fourth-order valence-corrected chi connectivity index (χ4v) is 2.25. The van der Waals surface area contributed by atoms with Crippen LogP contribution in [0.3, 0.4) is 0 Å². The van der Waals surface area contributed by atoms with Gasteiger partial charge in [0.2, 0.25) is 0 Å². The van der Waals surface area contributed by atoms with E-state index in [1.807, 2.05) is 13.2 Å². The largest absolute Gasteiger partial charge is 0.494 e. The number of nitrogens with two attached hydrogens (primary N) is 1. The summed E-state index contributed by atoms with van der Waals surface area (Å²) in [7, 11) is 1.40. The van der Waals surface area contributed by atoms with Gasteiger partial charge < -0.3 is 20.9 Å². The zero-order valence-electron chi connectivity index (χ0n) is 10.7. The Kier molecular flexibility index (Phi) is 5.55. The molecular formula is C12H19FN2O2S. The molecular weight excluding hydrogens is 255 g/mol. The van der Waals surface area contributed by atoms with Crippen molar-refractivity contribution in [3.63, 3.8) is 0 Å². The van der Waals surface area contributed by atoms with Gasteiger partial charge in [-0.1, -0.05) is 0 Å². The van der Waals surface area contributed by atoms with E-state index in [0.717, 1.165) is 0 Å².